The topological polar surface area (TPSA) is 113 Å². The minimum absolute atomic E-state index is 0.0904. The lowest BCUT2D eigenvalue weighted by atomic mass is 10.1. The van der Waals surface area contributed by atoms with Crippen LogP contribution in [0, 0.1) is 0 Å². The van der Waals surface area contributed by atoms with Crippen molar-refractivity contribution in [1.82, 2.24) is 15.3 Å². The van der Waals surface area contributed by atoms with E-state index < -0.39 is 17.2 Å². The molecule has 0 aromatic carbocycles. The lowest BCUT2D eigenvalue weighted by Crippen LogP contribution is -2.51. The number of nitrogens with one attached hydrogen (secondary N) is 3. The number of ether oxygens (including phenoxy) is 2. The van der Waals surface area contributed by atoms with Crippen LogP contribution in [-0.2, 0) is 9.47 Å². The second kappa shape index (κ2) is 7.89. The van der Waals surface area contributed by atoms with E-state index in [0.717, 1.165) is 11.6 Å². The van der Waals surface area contributed by atoms with Gasteiger partial charge in [-0.2, -0.15) is 0 Å². The van der Waals surface area contributed by atoms with E-state index in [4.69, 9.17) is 9.47 Å². The first-order valence-electron chi connectivity index (χ1n) is 7.43. The van der Waals surface area contributed by atoms with E-state index in [1.807, 2.05) is 24.9 Å². The van der Waals surface area contributed by atoms with Gasteiger partial charge in [-0.15, -0.1) is 0 Å². The molecule has 2 rings (SSSR count). The molecule has 1 saturated heterocycles. The number of hydrogen-bond donors (Lipinski definition) is 3. The van der Waals surface area contributed by atoms with Gasteiger partial charge in [-0.1, -0.05) is 11.6 Å². The van der Waals surface area contributed by atoms with Gasteiger partial charge in [-0.25, -0.2) is 4.79 Å². The van der Waals surface area contributed by atoms with Gasteiger partial charge in [0.15, 0.2) is 0 Å². The highest BCUT2D eigenvalue weighted by Crippen LogP contribution is 2.12. The van der Waals surface area contributed by atoms with Crippen molar-refractivity contribution in [3.8, 4) is 0 Å². The Labute approximate surface area is 132 Å². The number of H-pyrrole nitrogens is 2. The van der Waals surface area contributed by atoms with Crippen LogP contribution in [0.5, 0.6) is 0 Å². The number of rotatable bonds is 5. The molecule has 8 heteroatoms. The van der Waals surface area contributed by atoms with E-state index in [2.05, 4.69) is 10.3 Å². The van der Waals surface area contributed by atoms with Crippen molar-refractivity contribution < 1.29 is 14.3 Å². The van der Waals surface area contributed by atoms with Crippen LogP contribution < -0.4 is 16.6 Å². The summed E-state index contributed by atoms with van der Waals surface area (Å²) >= 11 is 0. The van der Waals surface area contributed by atoms with Crippen LogP contribution in [0.1, 0.15) is 30.8 Å². The minimum Gasteiger partial charge on any atom is -0.379 e. The third kappa shape index (κ3) is 5.19. The van der Waals surface area contributed by atoms with Crippen molar-refractivity contribution in [2.75, 3.05) is 19.8 Å². The van der Waals surface area contributed by atoms with Gasteiger partial charge in [0.1, 0.15) is 5.69 Å². The number of carbonyl (C=O) groups excluding carboxylic acids is 1. The summed E-state index contributed by atoms with van der Waals surface area (Å²) in [4.78, 5) is 39.0. The fraction of sp³-hybridized carbons (Fsp3) is 0.533. The maximum absolute atomic E-state index is 12.2. The SMILES string of the molecule is CC(C)=CCO[C@@H]1CCOC[C@@H]1NC(=O)c1cc(=O)[nH]c(=O)[nH]1. The van der Waals surface area contributed by atoms with Crippen LogP contribution in [0.4, 0.5) is 0 Å². The molecule has 23 heavy (non-hydrogen) atoms. The smallest absolute Gasteiger partial charge is 0.326 e. The molecule has 1 aliphatic rings. The lowest BCUT2D eigenvalue weighted by Gasteiger charge is -2.31. The van der Waals surface area contributed by atoms with Gasteiger partial charge < -0.3 is 19.8 Å². The van der Waals surface area contributed by atoms with Gasteiger partial charge in [-0.3, -0.25) is 14.6 Å². The molecule has 0 unspecified atom stereocenters. The Kier molecular flexibility index (Phi) is 5.89. The van der Waals surface area contributed by atoms with Crippen LogP contribution in [0.3, 0.4) is 0 Å². The zero-order chi connectivity index (χ0) is 16.8. The summed E-state index contributed by atoms with van der Waals surface area (Å²) in [5, 5.41) is 2.75. The number of hydrogen-bond acceptors (Lipinski definition) is 5. The average molecular weight is 323 g/mol. The summed E-state index contributed by atoms with van der Waals surface area (Å²) in [6, 6.07) is 0.698. The monoisotopic (exact) mass is 323 g/mol. The summed E-state index contributed by atoms with van der Waals surface area (Å²) in [6.45, 7) is 5.30. The Morgan fingerprint density at radius 2 is 2.22 bits per heavy atom. The van der Waals surface area contributed by atoms with Crippen molar-refractivity contribution in [2.24, 2.45) is 0 Å². The Bertz CT molecular complexity index is 659. The third-order valence-electron chi connectivity index (χ3n) is 3.42. The van der Waals surface area contributed by atoms with Crippen molar-refractivity contribution in [3.63, 3.8) is 0 Å². The van der Waals surface area contributed by atoms with Crippen molar-refractivity contribution in [3.05, 3.63) is 44.2 Å². The second-order valence-electron chi connectivity index (χ2n) is 5.60. The molecule has 126 valence electrons. The summed E-state index contributed by atoms with van der Waals surface area (Å²) in [7, 11) is 0. The zero-order valence-corrected chi connectivity index (χ0v) is 13.2. The largest absolute Gasteiger partial charge is 0.379 e. The van der Waals surface area contributed by atoms with Gasteiger partial charge in [0.05, 0.1) is 25.4 Å². The number of allylic oxidation sites excluding steroid dienone is 1. The molecule has 8 nitrogen and oxygen atoms in total. The fourth-order valence-electron chi connectivity index (χ4n) is 2.23. The second-order valence-corrected chi connectivity index (χ2v) is 5.60. The summed E-state index contributed by atoms with van der Waals surface area (Å²) in [6.07, 6.45) is 2.44. The molecule has 1 aromatic heterocycles. The number of aromatic amines is 2. The van der Waals surface area contributed by atoms with E-state index in [-0.39, 0.29) is 17.8 Å². The van der Waals surface area contributed by atoms with Crippen LogP contribution in [0.2, 0.25) is 0 Å². The molecule has 1 fully saturated rings. The molecule has 0 bridgehead atoms. The third-order valence-corrected chi connectivity index (χ3v) is 3.42. The highest BCUT2D eigenvalue weighted by molar-refractivity contribution is 5.92. The van der Waals surface area contributed by atoms with E-state index in [9.17, 15) is 14.4 Å². The highest BCUT2D eigenvalue weighted by atomic mass is 16.5. The molecule has 0 aliphatic carbocycles. The molecule has 1 amide bonds. The molecule has 2 atom stereocenters. The Balaban J connectivity index is 2.03. The van der Waals surface area contributed by atoms with E-state index in [1.54, 1.807) is 0 Å². The van der Waals surface area contributed by atoms with Crippen LogP contribution in [0.15, 0.2) is 27.3 Å². The minimum atomic E-state index is -0.723. The molecular formula is C15H21N3O5. The van der Waals surface area contributed by atoms with Gasteiger partial charge in [0.25, 0.3) is 11.5 Å². The normalized spacial score (nSPS) is 20.8. The average Bonchev–Trinajstić information content (AvgIpc) is 2.47. The van der Waals surface area contributed by atoms with E-state index >= 15 is 0 Å². The molecule has 0 radical (unpaired) electrons. The van der Waals surface area contributed by atoms with E-state index in [1.165, 1.54) is 0 Å². The van der Waals surface area contributed by atoms with Crippen LogP contribution in [-0.4, -0.2) is 47.8 Å². The van der Waals surface area contributed by atoms with Crippen LogP contribution >= 0.6 is 0 Å². The number of aromatic nitrogens is 2. The molecule has 1 aliphatic heterocycles. The van der Waals surface area contributed by atoms with Gasteiger partial charge in [-0.05, 0) is 20.3 Å². The molecule has 2 heterocycles. The zero-order valence-electron chi connectivity index (χ0n) is 13.2. The summed E-state index contributed by atoms with van der Waals surface area (Å²) < 4.78 is 11.2. The molecule has 0 spiro atoms. The predicted octanol–water partition coefficient (Wildman–Crippen LogP) is -0.0667. The summed E-state index contributed by atoms with van der Waals surface area (Å²) in [5.74, 6) is -0.542. The van der Waals surface area contributed by atoms with E-state index in [0.29, 0.717) is 26.2 Å². The number of amides is 1. The number of carbonyl (C=O) groups is 1. The van der Waals surface area contributed by atoms with Crippen molar-refractivity contribution in [2.45, 2.75) is 32.4 Å². The first kappa shape index (κ1) is 17.2. The highest BCUT2D eigenvalue weighted by Gasteiger charge is 2.28. The quantitative estimate of drug-likeness (QED) is 0.657. The first-order valence-corrected chi connectivity index (χ1v) is 7.43. The molecular weight excluding hydrogens is 302 g/mol. The Morgan fingerprint density at radius 3 is 2.91 bits per heavy atom. The molecule has 0 saturated carbocycles. The van der Waals surface area contributed by atoms with Gasteiger partial charge >= 0.3 is 5.69 Å². The van der Waals surface area contributed by atoms with Gasteiger partial charge in [0, 0.05) is 12.7 Å². The maximum atomic E-state index is 12.2. The van der Waals surface area contributed by atoms with Gasteiger partial charge in [0.2, 0.25) is 0 Å². The standard InChI is InChI=1S/C15H21N3O5/c1-9(2)3-6-23-12-4-5-22-8-11(12)16-14(20)10-7-13(19)18-15(21)17-10/h3,7,11-12H,4-6,8H2,1-2H3,(H,16,20)(H2,17,18,19,21)/t11-,12+/m0/s1. The maximum Gasteiger partial charge on any atom is 0.326 e. The lowest BCUT2D eigenvalue weighted by molar-refractivity contribution is -0.0457. The molecule has 1 aromatic rings. The fourth-order valence-corrected chi connectivity index (χ4v) is 2.23. The Hall–Kier alpha value is -2.19. The Morgan fingerprint density at radius 1 is 1.43 bits per heavy atom. The first-order chi connectivity index (χ1) is 11.0. The summed E-state index contributed by atoms with van der Waals surface area (Å²) in [5.41, 5.74) is -0.292. The van der Waals surface area contributed by atoms with Crippen molar-refractivity contribution in [1.29, 1.82) is 0 Å². The van der Waals surface area contributed by atoms with Crippen LogP contribution in [0.25, 0.3) is 0 Å². The predicted molar refractivity (Wildman–Crippen MR) is 83.5 cm³/mol. The molecule has 3 N–H and O–H groups in total. The van der Waals surface area contributed by atoms with Crippen molar-refractivity contribution >= 4 is 5.91 Å².